The molecule has 7 heteroatoms. The predicted octanol–water partition coefficient (Wildman–Crippen LogP) is 2.16. The monoisotopic (exact) mass is 416 g/mol. The minimum atomic E-state index is 0.0857. The first-order valence-electron chi connectivity index (χ1n) is 11.5. The molecule has 0 amide bonds. The Morgan fingerprint density at radius 3 is 2.57 bits per heavy atom. The number of hydrogen-bond acceptors (Lipinski definition) is 5. The molecule has 1 aromatic rings. The van der Waals surface area contributed by atoms with Crippen LogP contribution in [0.3, 0.4) is 0 Å². The van der Waals surface area contributed by atoms with Crippen LogP contribution in [0.25, 0.3) is 0 Å². The number of hydrogen-bond donors (Lipinski definition) is 2. The Morgan fingerprint density at radius 2 is 1.80 bits per heavy atom. The van der Waals surface area contributed by atoms with Crippen molar-refractivity contribution in [3.63, 3.8) is 0 Å². The van der Waals surface area contributed by atoms with Crippen LogP contribution >= 0.6 is 0 Å². The van der Waals surface area contributed by atoms with Crippen molar-refractivity contribution < 1.29 is 14.2 Å². The highest BCUT2D eigenvalue weighted by Crippen LogP contribution is 2.44. The van der Waals surface area contributed by atoms with E-state index in [1.165, 1.54) is 31.2 Å². The molecule has 4 rings (SSSR count). The molecule has 0 atom stereocenters. The Bertz CT molecular complexity index is 712. The van der Waals surface area contributed by atoms with Crippen molar-refractivity contribution in [2.75, 3.05) is 65.7 Å². The van der Waals surface area contributed by atoms with Crippen molar-refractivity contribution in [1.82, 2.24) is 15.5 Å². The van der Waals surface area contributed by atoms with E-state index in [1.807, 2.05) is 0 Å². The number of morpholine rings is 1. The summed E-state index contributed by atoms with van der Waals surface area (Å²) in [6.07, 6.45) is 4.85. The summed E-state index contributed by atoms with van der Waals surface area (Å²) in [6.45, 7) is 10.6. The molecule has 2 N–H and O–H groups in total. The largest absolute Gasteiger partial charge is 0.486 e. The van der Waals surface area contributed by atoms with Crippen molar-refractivity contribution >= 4 is 5.96 Å². The van der Waals surface area contributed by atoms with Crippen LogP contribution in [0, 0.1) is 0 Å². The van der Waals surface area contributed by atoms with Gasteiger partial charge in [0.05, 0.1) is 19.8 Å². The average molecular weight is 417 g/mol. The molecule has 0 unspecified atom stereocenters. The standard InChI is InChI=1S/C23H36N4O3/c1-2-24-22(25-9-10-27-11-13-28-14-12-27)26-18-23(7-3-4-8-23)19-5-6-20-21(17-19)30-16-15-29-20/h5-6,17H,2-4,7-16,18H2,1H3,(H2,24,25,26). The molecule has 2 aliphatic heterocycles. The number of nitrogens with zero attached hydrogens (tertiary/aromatic N) is 2. The quantitative estimate of drug-likeness (QED) is 0.525. The molecule has 1 saturated carbocycles. The summed E-state index contributed by atoms with van der Waals surface area (Å²) >= 11 is 0. The zero-order chi connectivity index (χ0) is 20.7. The molecule has 0 radical (unpaired) electrons. The normalized spacial score (nSPS) is 21.4. The van der Waals surface area contributed by atoms with Gasteiger partial charge in [-0.2, -0.15) is 0 Å². The van der Waals surface area contributed by atoms with Gasteiger partial charge in [0.1, 0.15) is 13.2 Å². The molecular formula is C23H36N4O3. The van der Waals surface area contributed by atoms with Crippen molar-refractivity contribution in [2.24, 2.45) is 4.99 Å². The Morgan fingerprint density at radius 1 is 1.03 bits per heavy atom. The van der Waals surface area contributed by atoms with Gasteiger partial charge in [-0.3, -0.25) is 9.89 Å². The molecule has 166 valence electrons. The summed E-state index contributed by atoms with van der Waals surface area (Å²) in [5, 5.41) is 6.94. The summed E-state index contributed by atoms with van der Waals surface area (Å²) < 4.78 is 17.0. The maximum Gasteiger partial charge on any atom is 0.191 e. The summed E-state index contributed by atoms with van der Waals surface area (Å²) in [7, 11) is 0. The predicted molar refractivity (Wildman–Crippen MR) is 119 cm³/mol. The number of fused-ring (bicyclic) bond motifs is 1. The number of aliphatic imine (C=N–C) groups is 1. The van der Waals surface area contributed by atoms with Gasteiger partial charge >= 0.3 is 0 Å². The lowest BCUT2D eigenvalue weighted by Gasteiger charge is -2.30. The maximum absolute atomic E-state index is 5.84. The van der Waals surface area contributed by atoms with E-state index in [4.69, 9.17) is 19.2 Å². The van der Waals surface area contributed by atoms with E-state index in [9.17, 15) is 0 Å². The molecule has 30 heavy (non-hydrogen) atoms. The van der Waals surface area contributed by atoms with Crippen LogP contribution in [0.4, 0.5) is 0 Å². The van der Waals surface area contributed by atoms with Gasteiger partial charge in [0.2, 0.25) is 0 Å². The molecule has 2 heterocycles. The highest BCUT2D eigenvalue weighted by molar-refractivity contribution is 5.79. The van der Waals surface area contributed by atoms with E-state index >= 15 is 0 Å². The number of ether oxygens (including phenoxy) is 3. The van der Waals surface area contributed by atoms with E-state index in [-0.39, 0.29) is 5.41 Å². The lowest BCUT2D eigenvalue weighted by atomic mass is 9.79. The molecule has 0 bridgehead atoms. The van der Waals surface area contributed by atoms with E-state index < -0.39 is 0 Å². The highest BCUT2D eigenvalue weighted by atomic mass is 16.6. The fraction of sp³-hybridized carbons (Fsp3) is 0.696. The molecule has 3 aliphatic rings. The number of rotatable bonds is 7. The molecule has 0 spiro atoms. The fourth-order valence-corrected chi connectivity index (χ4v) is 4.69. The molecule has 1 aliphatic carbocycles. The third-order valence-electron chi connectivity index (χ3n) is 6.42. The van der Waals surface area contributed by atoms with Gasteiger partial charge in [0.25, 0.3) is 0 Å². The fourth-order valence-electron chi connectivity index (χ4n) is 4.69. The van der Waals surface area contributed by atoms with Gasteiger partial charge in [0.15, 0.2) is 17.5 Å². The second-order valence-electron chi connectivity index (χ2n) is 8.42. The van der Waals surface area contributed by atoms with Crippen molar-refractivity contribution in [1.29, 1.82) is 0 Å². The van der Waals surface area contributed by atoms with Crippen molar-refractivity contribution in [3.05, 3.63) is 23.8 Å². The van der Waals surface area contributed by atoms with Crippen molar-refractivity contribution in [3.8, 4) is 11.5 Å². The number of nitrogens with one attached hydrogen (secondary N) is 2. The van der Waals surface area contributed by atoms with Gasteiger partial charge in [-0.05, 0) is 37.5 Å². The van der Waals surface area contributed by atoms with E-state index in [1.54, 1.807) is 0 Å². The minimum Gasteiger partial charge on any atom is -0.486 e. The molecule has 1 aromatic carbocycles. The zero-order valence-electron chi connectivity index (χ0n) is 18.3. The van der Waals surface area contributed by atoms with E-state index in [2.05, 4.69) is 40.7 Å². The van der Waals surface area contributed by atoms with Gasteiger partial charge in [-0.15, -0.1) is 0 Å². The first-order valence-corrected chi connectivity index (χ1v) is 11.5. The second-order valence-corrected chi connectivity index (χ2v) is 8.42. The van der Waals surface area contributed by atoms with Crippen LogP contribution in [0.5, 0.6) is 11.5 Å². The SMILES string of the molecule is CCNC(=NCC1(c2ccc3c(c2)OCCO3)CCCC1)NCCN1CCOCC1. The lowest BCUT2D eigenvalue weighted by molar-refractivity contribution is 0.0389. The average Bonchev–Trinajstić information content (AvgIpc) is 3.28. The Hall–Kier alpha value is -1.99. The molecule has 0 aromatic heterocycles. The van der Waals surface area contributed by atoms with E-state index in [0.29, 0.717) is 13.2 Å². The van der Waals surface area contributed by atoms with Crippen LogP contribution in [-0.2, 0) is 10.2 Å². The van der Waals surface area contributed by atoms with Gasteiger partial charge in [-0.1, -0.05) is 18.9 Å². The molecule has 2 fully saturated rings. The van der Waals surface area contributed by atoms with Gasteiger partial charge < -0.3 is 24.8 Å². The van der Waals surface area contributed by atoms with E-state index in [0.717, 1.165) is 69.9 Å². The summed E-state index contributed by atoms with van der Waals surface area (Å²) in [4.78, 5) is 7.46. The Balaban J connectivity index is 1.42. The third kappa shape index (κ3) is 5.19. The zero-order valence-corrected chi connectivity index (χ0v) is 18.3. The van der Waals surface area contributed by atoms with Crippen LogP contribution in [0.2, 0.25) is 0 Å². The maximum atomic E-state index is 5.84. The third-order valence-corrected chi connectivity index (χ3v) is 6.42. The summed E-state index contributed by atoms with van der Waals surface area (Å²) in [5.41, 5.74) is 1.42. The van der Waals surface area contributed by atoms with Gasteiger partial charge in [-0.25, -0.2) is 0 Å². The molecule has 1 saturated heterocycles. The van der Waals surface area contributed by atoms with Crippen LogP contribution < -0.4 is 20.1 Å². The van der Waals surface area contributed by atoms with Crippen molar-refractivity contribution in [2.45, 2.75) is 38.0 Å². The van der Waals surface area contributed by atoms with Crippen LogP contribution in [-0.4, -0.2) is 76.6 Å². The first-order chi connectivity index (χ1) is 14.8. The van der Waals surface area contributed by atoms with Gasteiger partial charge in [0, 0.05) is 38.1 Å². The minimum absolute atomic E-state index is 0.0857. The van der Waals surface area contributed by atoms with Crippen LogP contribution in [0.1, 0.15) is 38.2 Å². The summed E-state index contributed by atoms with van der Waals surface area (Å²) in [6, 6.07) is 6.47. The Labute approximate surface area is 180 Å². The lowest BCUT2D eigenvalue weighted by Crippen LogP contribution is -2.45. The number of benzene rings is 1. The molecule has 7 nitrogen and oxygen atoms in total. The first kappa shape index (κ1) is 21.2. The smallest absolute Gasteiger partial charge is 0.191 e. The topological polar surface area (TPSA) is 67.4 Å². The summed E-state index contributed by atoms with van der Waals surface area (Å²) in [5.74, 6) is 2.65. The van der Waals surface area contributed by atoms with Crippen LogP contribution in [0.15, 0.2) is 23.2 Å². The molecular weight excluding hydrogens is 380 g/mol. The number of guanidine groups is 1. The Kier molecular flexibility index (Phi) is 7.33. The second kappa shape index (κ2) is 10.4. The highest BCUT2D eigenvalue weighted by Gasteiger charge is 2.36.